The Labute approximate surface area is 674 Å². The lowest BCUT2D eigenvalue weighted by Gasteiger charge is -2.38. The molecule has 0 amide bonds. The summed E-state index contributed by atoms with van der Waals surface area (Å²) in [6.07, 6.45) is 0. The van der Waals surface area contributed by atoms with Crippen LogP contribution in [-0.4, -0.2) is 25.0 Å². The number of nitrogens with zero attached hydrogens (tertiary/aromatic N) is 4. The summed E-state index contributed by atoms with van der Waals surface area (Å²) in [4.78, 5) is 0. The first kappa shape index (κ1) is 47.5. The second kappa shape index (κ2) is 23.1. The maximum atomic E-state index is 12.1. The minimum atomic E-state index is -1.67. The molecule has 23 aromatic rings. The van der Waals surface area contributed by atoms with E-state index in [0.29, 0.717) is 109 Å². The minimum absolute atomic E-state index is 0.0144. The van der Waals surface area contributed by atoms with Crippen molar-refractivity contribution in [3.8, 4) is 45.0 Å². The first-order valence-corrected chi connectivity index (χ1v) is 37.9. The highest BCUT2D eigenvalue weighted by molar-refractivity contribution is 7.00. The van der Waals surface area contributed by atoms with Gasteiger partial charge in [0.05, 0.1) is 80.2 Å². The molecule has 2 aliphatic rings. The minimum Gasteiger partial charge on any atom is -0.456 e. The zero-order chi connectivity index (χ0) is 89.9. The van der Waals surface area contributed by atoms with Crippen molar-refractivity contribution in [3.63, 3.8) is 0 Å². The topological polar surface area (TPSA) is 46.0 Å². The molecular weight excluding hydrogens is 1370 g/mol. The van der Waals surface area contributed by atoms with Crippen LogP contribution >= 0.6 is 0 Å². The van der Waals surface area contributed by atoms with Gasteiger partial charge in [-0.15, -0.1) is 0 Å². The van der Waals surface area contributed by atoms with Gasteiger partial charge in [0.15, 0.2) is 0 Å². The maximum Gasteiger partial charge on any atom is 0.252 e. The van der Waals surface area contributed by atoms with Crippen molar-refractivity contribution in [1.29, 1.82) is 0 Å². The second-order valence-electron chi connectivity index (χ2n) is 30.5. The maximum absolute atomic E-state index is 12.1. The van der Waals surface area contributed by atoms with Crippen LogP contribution in [0.3, 0.4) is 0 Å². The molecule has 25 rings (SSSR count). The van der Waals surface area contributed by atoms with E-state index in [-0.39, 0.29) is 144 Å². The summed E-state index contributed by atoms with van der Waals surface area (Å²) in [6.45, 7) is 4.19. The van der Waals surface area contributed by atoms with Crippen molar-refractivity contribution in [2.45, 2.75) is 26.2 Å². The zero-order valence-corrected chi connectivity index (χ0v) is 60.8. The van der Waals surface area contributed by atoms with Gasteiger partial charge in [0.25, 0.3) is 6.71 Å². The van der Waals surface area contributed by atoms with E-state index in [9.17, 15) is 24.7 Å². The lowest BCUT2D eigenvalue weighted by Crippen LogP contribution is -2.60. The van der Waals surface area contributed by atoms with Crippen molar-refractivity contribution < 1.29 is 33.5 Å². The normalized spacial score (nSPS) is 14.9. The molecule has 0 unspecified atom stereocenters. The van der Waals surface area contributed by atoms with Crippen LogP contribution in [0.4, 0.5) is 0 Å². The van der Waals surface area contributed by atoms with Gasteiger partial charge >= 0.3 is 0 Å². The molecule has 0 spiro atoms. The molecule has 0 saturated carbocycles. The molecule has 17 aromatic carbocycles. The average Bonchev–Trinajstić information content (AvgIpc) is 0.833. The van der Waals surface area contributed by atoms with Crippen molar-refractivity contribution >= 4 is 197 Å². The van der Waals surface area contributed by atoms with Gasteiger partial charge in [-0.2, -0.15) is 0 Å². The SMILES string of the molecule is [2H]c1c2c3c(c([2H])c1C(C)(C)C)-n1c4c(-c5ccccc5)cccc4c4ccccc4c4ccccc4c4c(-n5c6c([2H])c([2H])c([2H])c([2H])c6c6c7c(oc8ccccc87)c([2H])c([2H])c65)c([2H])c([2H])c(c41)B3c1c([2H])c([2H])c(-n3c4c([2H])c([2H])c([2H])c([2H])c4c4c5c(oc6ccccc65)c([2H])c([2H])c43)c3c4ccccc4c4ccccc4c4cccc(-c5ccccc5)c4n-2c13. The molecule has 7 heteroatoms. The molecule has 0 aliphatic carbocycles. The third-order valence-electron chi connectivity index (χ3n) is 23.6. The number of para-hydroxylation sites is 6. The van der Waals surface area contributed by atoms with Gasteiger partial charge in [-0.05, 0) is 154 Å². The van der Waals surface area contributed by atoms with E-state index in [2.05, 4.69) is 0 Å². The second-order valence-corrected chi connectivity index (χ2v) is 30.5. The first-order valence-electron chi connectivity index (χ1n) is 46.9. The molecule has 113 heavy (non-hydrogen) atoms. The van der Waals surface area contributed by atoms with Crippen LogP contribution in [0.2, 0.25) is 0 Å². The molecule has 6 nitrogen and oxygen atoms in total. The number of benzene rings is 17. The molecule has 0 atom stereocenters. The summed E-state index contributed by atoms with van der Waals surface area (Å²) in [5.41, 5.74) is 2.95. The van der Waals surface area contributed by atoms with Gasteiger partial charge in [-0.1, -0.05) is 300 Å². The lowest BCUT2D eigenvalue weighted by atomic mass is 9.34. The highest BCUT2D eigenvalue weighted by Crippen LogP contribution is 2.50. The summed E-state index contributed by atoms with van der Waals surface area (Å²) in [6, 6.07) is 67.7. The Balaban J connectivity index is 1.04. The fourth-order valence-corrected chi connectivity index (χ4v) is 19.0. The predicted octanol–water partition coefficient (Wildman–Crippen LogP) is 26.5. The summed E-state index contributed by atoms with van der Waals surface area (Å²) < 4.78 is 214. The van der Waals surface area contributed by atoms with Crippen LogP contribution in [0.1, 0.15) is 51.0 Å². The molecule has 0 radical (unpaired) electrons. The Morgan fingerprint density at radius 1 is 0.265 bits per heavy atom. The van der Waals surface area contributed by atoms with Gasteiger partial charge < -0.3 is 27.1 Å². The van der Waals surface area contributed by atoms with E-state index in [1.165, 1.54) is 9.13 Å². The van der Waals surface area contributed by atoms with Crippen molar-refractivity contribution in [2.75, 3.05) is 0 Å². The smallest absolute Gasteiger partial charge is 0.252 e. The molecule has 0 N–H and O–H groups in total. The van der Waals surface area contributed by atoms with Crippen LogP contribution in [-0.2, 0) is 5.41 Å². The van der Waals surface area contributed by atoms with Gasteiger partial charge in [-0.25, -0.2) is 0 Å². The van der Waals surface area contributed by atoms with Crippen LogP contribution in [0.15, 0.2) is 360 Å². The first-order chi connectivity index (χ1) is 63.3. The van der Waals surface area contributed by atoms with Crippen LogP contribution in [0.25, 0.3) is 219 Å². The monoisotopic (exact) mass is 1460 g/mol. The summed E-state index contributed by atoms with van der Waals surface area (Å²) in [7, 11) is 0. The number of furan rings is 2. The fourth-order valence-electron chi connectivity index (χ4n) is 19.0. The number of hydrogen-bond acceptors (Lipinski definition) is 2. The highest BCUT2D eigenvalue weighted by atomic mass is 16.3. The van der Waals surface area contributed by atoms with E-state index < -0.39 is 109 Å². The average molecular weight is 1460 g/mol. The van der Waals surface area contributed by atoms with E-state index >= 15 is 0 Å². The molecule has 526 valence electrons. The fraction of sp³-hybridized carbons (Fsp3) is 0.0377. The number of hydrogen-bond donors (Lipinski definition) is 0. The third kappa shape index (κ3) is 8.52. The van der Waals surface area contributed by atoms with Crippen LogP contribution < -0.4 is 16.4 Å². The molecular formula is C106H67BN4O2. The van der Waals surface area contributed by atoms with Crippen molar-refractivity contribution in [3.05, 3.63) is 357 Å². The molecule has 0 saturated heterocycles. The molecule has 8 heterocycles. The Morgan fingerprint density at radius 2 is 0.628 bits per heavy atom. The number of rotatable bonds is 4. The van der Waals surface area contributed by atoms with Crippen LogP contribution in [0, 0.1) is 0 Å². The van der Waals surface area contributed by atoms with Crippen molar-refractivity contribution in [2.24, 2.45) is 0 Å². The lowest BCUT2D eigenvalue weighted by molar-refractivity contribution is 0.589. The van der Waals surface area contributed by atoms with E-state index in [0.717, 1.165) is 0 Å². The third-order valence-corrected chi connectivity index (χ3v) is 23.6. The number of aromatic nitrogens is 4. The quantitative estimate of drug-likeness (QED) is 0.165. The Morgan fingerprint density at radius 3 is 1.05 bits per heavy atom. The van der Waals surface area contributed by atoms with E-state index in [4.69, 9.17) is 8.83 Å². The summed E-state index contributed by atoms with van der Waals surface area (Å²) in [5.74, 6) is 0. The summed E-state index contributed by atoms with van der Waals surface area (Å²) >= 11 is 0. The summed E-state index contributed by atoms with van der Waals surface area (Å²) in [5, 5.41) is 7.72. The Kier molecular flexibility index (Phi) is 9.71. The molecule has 2 aliphatic heterocycles. The van der Waals surface area contributed by atoms with E-state index in [1.54, 1.807) is 48.5 Å². The van der Waals surface area contributed by atoms with Gasteiger partial charge in [0.1, 0.15) is 22.3 Å². The van der Waals surface area contributed by atoms with Crippen molar-refractivity contribution in [1.82, 2.24) is 18.3 Å². The molecule has 6 aromatic heterocycles. The largest absolute Gasteiger partial charge is 0.456 e. The van der Waals surface area contributed by atoms with Gasteiger partial charge in [-0.3, -0.25) is 0 Å². The van der Waals surface area contributed by atoms with E-state index in [1.807, 2.05) is 224 Å². The standard InChI is InChI=1S/C106H67BN4O2/c1-106(2,3)64-60-89-101-90(61-64)111-103-66(63-30-8-5-9-31-63)45-27-47-76(103)72-37-13-11-33-68(72)70-35-15-17-39-74(70)98-88(109-84-49-23-19-41-78(84)96-86(109)57-59-94-100(96)80-43-21-25-51-92(80)113-94)55-53-82(105(98)111)107(101)81-52-54-87(108-83-48-22-18-40-77(83)95-85(108)56-58-93-99(95)79-42-20-24-50-91(79)112-93)97-73-38-16-14-34-69(73)67-32-10-12-36-71(67)75-46-26-44-65(62-28-6-4-7-29-62)102(75)110(89)104(81)97/h4-61H,1-3H3/i18D,19D,22D,23D,40D,41D,48D,49D,52D,53D,54D,55D,56D,57D,58D,59D,60D,61D. The zero-order valence-electron chi connectivity index (χ0n) is 78.8. The van der Waals surface area contributed by atoms with Gasteiger partial charge in [0, 0.05) is 87.1 Å². The Hall–Kier alpha value is -14.4. The predicted molar refractivity (Wildman–Crippen MR) is 478 cm³/mol. The Bertz CT molecular complexity index is 9000. The molecule has 0 bridgehead atoms. The number of fused-ring (bicyclic) bond motifs is 32. The molecule has 0 fully saturated rings. The van der Waals surface area contributed by atoms with Crippen LogP contribution in [0.5, 0.6) is 0 Å². The van der Waals surface area contributed by atoms with Gasteiger partial charge in [0.2, 0.25) is 0 Å². The highest BCUT2D eigenvalue weighted by Gasteiger charge is 2.43.